The van der Waals surface area contributed by atoms with E-state index in [1.807, 2.05) is 22.9 Å². The van der Waals surface area contributed by atoms with Crippen molar-refractivity contribution in [2.75, 3.05) is 0 Å². The third-order valence-corrected chi connectivity index (χ3v) is 4.10. The molecule has 84 valence electrons. The normalized spacial score (nSPS) is 16.6. The van der Waals surface area contributed by atoms with E-state index in [0.29, 0.717) is 0 Å². The molecule has 0 saturated heterocycles. The van der Waals surface area contributed by atoms with Gasteiger partial charge >= 0.3 is 0 Å². The summed E-state index contributed by atoms with van der Waals surface area (Å²) in [7, 11) is 0. The van der Waals surface area contributed by atoms with Gasteiger partial charge in [-0.3, -0.25) is 0 Å². The number of halogens is 1. The van der Waals surface area contributed by atoms with Crippen LogP contribution in [0.4, 0.5) is 0 Å². The van der Waals surface area contributed by atoms with Gasteiger partial charge in [-0.15, -0.1) is 5.10 Å². The zero-order valence-electron chi connectivity index (χ0n) is 9.06. The van der Waals surface area contributed by atoms with Gasteiger partial charge in [-0.2, -0.15) is 0 Å². The lowest BCUT2D eigenvalue weighted by Gasteiger charge is -2.24. The molecular formula is C12H14BrN3. The van der Waals surface area contributed by atoms with Crippen molar-refractivity contribution in [3.05, 3.63) is 22.7 Å². The Hall–Kier alpha value is -0.900. The van der Waals surface area contributed by atoms with Gasteiger partial charge in [0.25, 0.3) is 0 Å². The van der Waals surface area contributed by atoms with Crippen molar-refractivity contribution >= 4 is 27.0 Å². The summed E-state index contributed by atoms with van der Waals surface area (Å²) in [5.74, 6) is 0.918. The van der Waals surface area contributed by atoms with Gasteiger partial charge in [0.2, 0.25) is 0 Å². The minimum atomic E-state index is 0.918. The third-order valence-electron chi connectivity index (χ3n) is 3.46. The number of benzene rings is 1. The van der Waals surface area contributed by atoms with Gasteiger partial charge in [0.1, 0.15) is 11.0 Å². The first-order valence-corrected chi connectivity index (χ1v) is 6.61. The van der Waals surface area contributed by atoms with E-state index in [-0.39, 0.29) is 0 Å². The molecule has 1 aliphatic carbocycles. The van der Waals surface area contributed by atoms with Crippen LogP contribution in [-0.2, 0) is 6.54 Å². The fourth-order valence-corrected chi connectivity index (χ4v) is 2.79. The average molecular weight is 280 g/mol. The molecule has 0 spiro atoms. The van der Waals surface area contributed by atoms with Crippen molar-refractivity contribution in [1.29, 1.82) is 0 Å². The Morgan fingerprint density at radius 3 is 3.00 bits per heavy atom. The second-order valence-corrected chi connectivity index (χ2v) is 5.36. The Morgan fingerprint density at radius 2 is 2.25 bits per heavy atom. The Kier molecular flexibility index (Phi) is 2.67. The first kappa shape index (κ1) is 10.3. The zero-order valence-corrected chi connectivity index (χ0v) is 10.7. The van der Waals surface area contributed by atoms with Gasteiger partial charge in [0, 0.05) is 11.0 Å². The molecule has 0 aliphatic heterocycles. The van der Waals surface area contributed by atoms with Gasteiger partial charge in [-0.1, -0.05) is 30.5 Å². The van der Waals surface area contributed by atoms with Gasteiger partial charge < -0.3 is 0 Å². The van der Waals surface area contributed by atoms with E-state index in [1.165, 1.54) is 25.7 Å². The molecule has 3 nitrogen and oxygen atoms in total. The number of hydrogen-bond donors (Lipinski definition) is 0. The first-order valence-electron chi connectivity index (χ1n) is 5.82. The molecule has 0 N–H and O–H groups in total. The Balaban J connectivity index is 1.85. The standard InChI is InChI=1S/C12H14BrN3/c13-10-5-2-6-11-12(10)16(15-14-11)8-7-9-3-1-4-9/h2,5-6,9H,1,3-4,7-8H2. The second-order valence-electron chi connectivity index (χ2n) is 4.51. The van der Waals surface area contributed by atoms with Crippen LogP contribution < -0.4 is 0 Å². The summed E-state index contributed by atoms with van der Waals surface area (Å²) < 4.78 is 3.11. The summed E-state index contributed by atoms with van der Waals surface area (Å²) in [6, 6.07) is 6.05. The van der Waals surface area contributed by atoms with Crippen molar-refractivity contribution in [2.45, 2.75) is 32.2 Å². The van der Waals surface area contributed by atoms with Crippen LogP contribution in [0.15, 0.2) is 22.7 Å². The molecule has 1 saturated carbocycles. The molecule has 16 heavy (non-hydrogen) atoms. The van der Waals surface area contributed by atoms with E-state index in [4.69, 9.17) is 0 Å². The van der Waals surface area contributed by atoms with Crippen LogP contribution in [0.2, 0.25) is 0 Å². The molecular weight excluding hydrogens is 266 g/mol. The number of fused-ring (bicyclic) bond motifs is 1. The molecule has 1 aromatic heterocycles. The van der Waals surface area contributed by atoms with Crippen LogP contribution in [0.3, 0.4) is 0 Å². The van der Waals surface area contributed by atoms with Gasteiger partial charge in [0.15, 0.2) is 0 Å². The molecule has 0 radical (unpaired) electrons. The van der Waals surface area contributed by atoms with Crippen LogP contribution in [0, 0.1) is 5.92 Å². The molecule has 1 aromatic carbocycles. The van der Waals surface area contributed by atoms with E-state index in [9.17, 15) is 0 Å². The molecule has 0 bridgehead atoms. The lowest BCUT2D eigenvalue weighted by Crippen LogP contribution is -2.14. The Labute approximate surface area is 103 Å². The van der Waals surface area contributed by atoms with E-state index >= 15 is 0 Å². The topological polar surface area (TPSA) is 30.7 Å². The summed E-state index contributed by atoms with van der Waals surface area (Å²) in [6.45, 7) is 0.990. The van der Waals surface area contributed by atoms with Crippen LogP contribution in [0.5, 0.6) is 0 Å². The summed E-state index contributed by atoms with van der Waals surface area (Å²) in [5, 5.41) is 8.41. The van der Waals surface area contributed by atoms with Crippen molar-refractivity contribution < 1.29 is 0 Å². The molecule has 1 aliphatic rings. The number of para-hydroxylation sites is 1. The summed E-state index contributed by atoms with van der Waals surface area (Å²) >= 11 is 3.56. The van der Waals surface area contributed by atoms with Crippen LogP contribution in [-0.4, -0.2) is 15.0 Å². The summed E-state index contributed by atoms with van der Waals surface area (Å²) in [5.41, 5.74) is 2.10. The summed E-state index contributed by atoms with van der Waals surface area (Å²) in [6.07, 6.45) is 5.44. The van der Waals surface area contributed by atoms with Crippen molar-refractivity contribution in [1.82, 2.24) is 15.0 Å². The fraction of sp³-hybridized carbons (Fsp3) is 0.500. The second kappa shape index (κ2) is 4.17. The van der Waals surface area contributed by atoms with Gasteiger partial charge in [-0.25, -0.2) is 4.68 Å². The lowest BCUT2D eigenvalue weighted by molar-refractivity contribution is 0.278. The van der Waals surface area contributed by atoms with Crippen LogP contribution in [0.1, 0.15) is 25.7 Å². The summed E-state index contributed by atoms with van der Waals surface area (Å²) in [4.78, 5) is 0. The number of hydrogen-bond acceptors (Lipinski definition) is 2. The maximum atomic E-state index is 4.22. The maximum absolute atomic E-state index is 4.22. The van der Waals surface area contributed by atoms with E-state index < -0.39 is 0 Å². The molecule has 0 amide bonds. The van der Waals surface area contributed by atoms with Crippen molar-refractivity contribution in [3.8, 4) is 0 Å². The van der Waals surface area contributed by atoms with Gasteiger partial charge in [-0.05, 0) is 40.4 Å². The first-order chi connectivity index (χ1) is 7.84. The highest BCUT2D eigenvalue weighted by molar-refractivity contribution is 9.10. The predicted molar refractivity (Wildman–Crippen MR) is 67.2 cm³/mol. The molecule has 0 atom stereocenters. The molecule has 0 unspecified atom stereocenters. The Bertz CT molecular complexity index is 502. The minimum Gasteiger partial charge on any atom is -0.243 e. The third kappa shape index (κ3) is 1.75. The lowest BCUT2D eigenvalue weighted by atomic mass is 9.83. The SMILES string of the molecule is Brc1cccc2nnn(CCC3CCC3)c12. The number of nitrogens with zero attached hydrogens (tertiary/aromatic N) is 3. The largest absolute Gasteiger partial charge is 0.243 e. The highest BCUT2D eigenvalue weighted by Crippen LogP contribution is 2.30. The average Bonchev–Trinajstić information content (AvgIpc) is 2.61. The number of aryl methyl sites for hydroxylation is 1. The van der Waals surface area contributed by atoms with Crippen molar-refractivity contribution in [2.24, 2.45) is 5.92 Å². The Morgan fingerprint density at radius 1 is 1.38 bits per heavy atom. The monoisotopic (exact) mass is 279 g/mol. The van der Waals surface area contributed by atoms with E-state index in [0.717, 1.165) is 28.0 Å². The van der Waals surface area contributed by atoms with Crippen molar-refractivity contribution in [3.63, 3.8) is 0 Å². The quantitative estimate of drug-likeness (QED) is 0.862. The molecule has 1 heterocycles. The zero-order chi connectivity index (χ0) is 11.0. The minimum absolute atomic E-state index is 0.918. The fourth-order valence-electron chi connectivity index (χ4n) is 2.23. The van der Waals surface area contributed by atoms with Gasteiger partial charge in [0.05, 0.1) is 0 Å². The predicted octanol–water partition coefficient (Wildman–Crippen LogP) is 3.38. The highest BCUT2D eigenvalue weighted by Gasteiger charge is 2.18. The molecule has 1 fully saturated rings. The maximum Gasteiger partial charge on any atom is 0.114 e. The number of aromatic nitrogens is 3. The number of rotatable bonds is 3. The van der Waals surface area contributed by atoms with E-state index in [2.05, 4.69) is 26.2 Å². The van der Waals surface area contributed by atoms with Crippen LogP contribution in [0.25, 0.3) is 11.0 Å². The smallest absolute Gasteiger partial charge is 0.114 e. The van der Waals surface area contributed by atoms with Crippen LogP contribution >= 0.6 is 15.9 Å². The van der Waals surface area contributed by atoms with E-state index in [1.54, 1.807) is 0 Å². The highest BCUT2D eigenvalue weighted by atomic mass is 79.9. The molecule has 4 heteroatoms. The molecule has 3 rings (SSSR count). The molecule has 2 aromatic rings.